The van der Waals surface area contributed by atoms with Crippen molar-refractivity contribution in [1.82, 2.24) is 0 Å². The van der Waals surface area contributed by atoms with Crippen LogP contribution in [-0.2, 0) is 11.5 Å². The minimum absolute atomic E-state index is 0.499. The Kier molecular flexibility index (Phi) is 3.97. The van der Waals surface area contributed by atoms with Crippen molar-refractivity contribution < 1.29 is 5.11 Å². The highest BCUT2D eigenvalue weighted by atomic mass is 32.1. The SMILES string of the molecule is [CH2]c1ccc(C([O])Cc2cc(C)c(C)s2)c(N)c1C. The Balaban J connectivity index is 2.25. The van der Waals surface area contributed by atoms with Gasteiger partial charge >= 0.3 is 0 Å². The lowest BCUT2D eigenvalue weighted by Crippen LogP contribution is -2.05. The van der Waals surface area contributed by atoms with E-state index in [1.54, 1.807) is 11.3 Å². The third-order valence-electron chi connectivity index (χ3n) is 3.61. The Hall–Kier alpha value is -1.32. The highest BCUT2D eigenvalue weighted by Crippen LogP contribution is 2.31. The summed E-state index contributed by atoms with van der Waals surface area (Å²) in [7, 11) is 0. The summed E-state index contributed by atoms with van der Waals surface area (Å²) in [5.41, 5.74) is 10.4. The second-order valence-electron chi connectivity index (χ2n) is 5.00. The van der Waals surface area contributed by atoms with E-state index in [-0.39, 0.29) is 0 Å². The van der Waals surface area contributed by atoms with Gasteiger partial charge in [0.05, 0.1) is 0 Å². The minimum atomic E-state index is -0.809. The summed E-state index contributed by atoms with van der Waals surface area (Å²) in [5, 5.41) is 12.4. The number of nitrogens with two attached hydrogens (primary N) is 1. The Morgan fingerprint density at radius 2 is 2.00 bits per heavy atom. The zero-order valence-electron chi connectivity index (χ0n) is 11.6. The van der Waals surface area contributed by atoms with Crippen LogP contribution < -0.4 is 5.73 Å². The number of hydrogen-bond acceptors (Lipinski definition) is 2. The Labute approximate surface area is 118 Å². The van der Waals surface area contributed by atoms with E-state index in [2.05, 4.69) is 26.8 Å². The first-order chi connectivity index (χ1) is 8.90. The van der Waals surface area contributed by atoms with Crippen LogP contribution in [0.2, 0.25) is 0 Å². The maximum absolute atomic E-state index is 12.4. The zero-order chi connectivity index (χ0) is 14.2. The normalized spacial score (nSPS) is 12.7. The number of thiophene rings is 1. The molecule has 19 heavy (non-hydrogen) atoms. The number of anilines is 1. The van der Waals surface area contributed by atoms with Crippen molar-refractivity contribution in [3.63, 3.8) is 0 Å². The standard InChI is InChI=1S/C16H19NOS/c1-9-5-6-14(16(17)11(9)3)15(18)8-13-7-10(2)12(4)19-13/h5-7,15H,1,8,17H2,2-4H3. The molecule has 0 aliphatic heterocycles. The van der Waals surface area contributed by atoms with Gasteiger partial charge in [-0.2, -0.15) is 0 Å². The van der Waals surface area contributed by atoms with Crippen LogP contribution in [0.5, 0.6) is 0 Å². The quantitative estimate of drug-likeness (QED) is 0.839. The average Bonchev–Trinajstić information content (AvgIpc) is 2.65. The van der Waals surface area contributed by atoms with Gasteiger partial charge in [-0.1, -0.05) is 12.1 Å². The molecule has 0 amide bonds. The van der Waals surface area contributed by atoms with Gasteiger partial charge in [0, 0.05) is 27.4 Å². The van der Waals surface area contributed by atoms with Crippen LogP contribution in [0, 0.1) is 27.7 Å². The lowest BCUT2D eigenvalue weighted by atomic mass is 9.97. The Bertz CT molecular complexity index is 582. The molecular formula is C16H19NOS. The van der Waals surface area contributed by atoms with E-state index in [9.17, 15) is 5.11 Å². The van der Waals surface area contributed by atoms with Gasteiger partial charge in [-0.05, 0) is 50.5 Å². The summed E-state index contributed by atoms with van der Waals surface area (Å²) in [6.45, 7) is 9.97. The summed E-state index contributed by atoms with van der Waals surface area (Å²) in [6, 6.07) is 5.79. The van der Waals surface area contributed by atoms with Gasteiger partial charge in [-0.15, -0.1) is 11.3 Å². The van der Waals surface area contributed by atoms with E-state index < -0.39 is 6.10 Å². The van der Waals surface area contributed by atoms with Crippen LogP contribution in [-0.4, -0.2) is 0 Å². The zero-order valence-corrected chi connectivity index (χ0v) is 12.4. The lowest BCUT2D eigenvalue weighted by molar-refractivity contribution is 0.0907. The summed E-state index contributed by atoms with van der Waals surface area (Å²) in [5.74, 6) is 0. The van der Waals surface area contributed by atoms with E-state index in [4.69, 9.17) is 5.73 Å². The molecule has 0 spiro atoms. The molecular weight excluding hydrogens is 254 g/mol. The summed E-state index contributed by atoms with van der Waals surface area (Å²) in [4.78, 5) is 2.41. The summed E-state index contributed by atoms with van der Waals surface area (Å²) >= 11 is 1.70. The molecule has 1 atom stereocenters. The van der Waals surface area contributed by atoms with E-state index in [1.807, 2.05) is 19.1 Å². The van der Waals surface area contributed by atoms with Crippen molar-refractivity contribution in [2.24, 2.45) is 0 Å². The van der Waals surface area contributed by atoms with Crippen LogP contribution in [0.1, 0.15) is 38.1 Å². The molecule has 2 rings (SSSR count). The van der Waals surface area contributed by atoms with Gasteiger partial charge in [0.15, 0.2) is 0 Å². The molecule has 2 aromatic rings. The van der Waals surface area contributed by atoms with Crippen LogP contribution in [0.3, 0.4) is 0 Å². The molecule has 0 saturated carbocycles. The molecule has 0 saturated heterocycles. The third kappa shape index (κ3) is 2.82. The molecule has 2 N–H and O–H groups in total. The van der Waals surface area contributed by atoms with E-state index in [0.717, 1.165) is 16.0 Å². The number of rotatable bonds is 3. The second-order valence-corrected chi connectivity index (χ2v) is 6.34. The third-order valence-corrected chi connectivity index (χ3v) is 4.79. The van der Waals surface area contributed by atoms with E-state index >= 15 is 0 Å². The van der Waals surface area contributed by atoms with Crippen molar-refractivity contribution in [2.75, 3.05) is 5.73 Å². The average molecular weight is 273 g/mol. The topological polar surface area (TPSA) is 45.9 Å². The van der Waals surface area contributed by atoms with Crippen LogP contribution in [0.15, 0.2) is 18.2 Å². The van der Waals surface area contributed by atoms with Crippen molar-refractivity contribution >= 4 is 17.0 Å². The van der Waals surface area contributed by atoms with Crippen LogP contribution in [0.25, 0.3) is 0 Å². The molecule has 0 aliphatic carbocycles. The van der Waals surface area contributed by atoms with E-state index in [1.165, 1.54) is 10.4 Å². The maximum atomic E-state index is 12.4. The van der Waals surface area contributed by atoms with Gasteiger partial charge in [-0.25, -0.2) is 5.11 Å². The summed E-state index contributed by atoms with van der Waals surface area (Å²) in [6.07, 6.45) is -0.309. The molecule has 1 heterocycles. The predicted octanol–water partition coefficient (Wildman–Crippen LogP) is 4.15. The van der Waals surface area contributed by atoms with Crippen LogP contribution in [0.4, 0.5) is 5.69 Å². The molecule has 0 fully saturated rings. The van der Waals surface area contributed by atoms with Crippen molar-refractivity contribution in [1.29, 1.82) is 0 Å². The number of hydrogen-bond donors (Lipinski definition) is 1. The molecule has 100 valence electrons. The molecule has 1 unspecified atom stereocenters. The molecule has 2 nitrogen and oxygen atoms in total. The first-order valence-electron chi connectivity index (χ1n) is 6.32. The molecule has 0 bridgehead atoms. The fraction of sp³-hybridized carbons (Fsp3) is 0.312. The molecule has 1 aromatic carbocycles. The van der Waals surface area contributed by atoms with Crippen molar-refractivity contribution in [3.05, 3.63) is 57.1 Å². The monoisotopic (exact) mass is 273 g/mol. The highest BCUT2D eigenvalue weighted by molar-refractivity contribution is 7.12. The fourth-order valence-electron chi connectivity index (χ4n) is 2.12. The second kappa shape index (κ2) is 5.35. The van der Waals surface area contributed by atoms with Gasteiger partial charge in [0.25, 0.3) is 0 Å². The highest BCUT2D eigenvalue weighted by Gasteiger charge is 2.17. The molecule has 2 radical (unpaired) electrons. The lowest BCUT2D eigenvalue weighted by Gasteiger charge is -2.14. The largest absolute Gasteiger partial charge is 0.398 e. The molecule has 1 aromatic heterocycles. The minimum Gasteiger partial charge on any atom is -0.398 e. The fourth-order valence-corrected chi connectivity index (χ4v) is 3.20. The van der Waals surface area contributed by atoms with Crippen LogP contribution >= 0.6 is 11.3 Å². The van der Waals surface area contributed by atoms with Gasteiger partial charge < -0.3 is 5.73 Å². The van der Waals surface area contributed by atoms with Crippen molar-refractivity contribution in [3.8, 4) is 0 Å². The predicted molar refractivity (Wildman–Crippen MR) is 81.0 cm³/mol. The first-order valence-corrected chi connectivity index (χ1v) is 7.14. The molecule has 3 heteroatoms. The Morgan fingerprint density at radius 3 is 2.58 bits per heavy atom. The smallest absolute Gasteiger partial charge is 0.125 e. The van der Waals surface area contributed by atoms with Gasteiger partial charge in [0.1, 0.15) is 6.10 Å². The number of aryl methyl sites for hydroxylation is 2. The number of benzene rings is 1. The summed E-state index contributed by atoms with van der Waals surface area (Å²) < 4.78 is 0. The maximum Gasteiger partial charge on any atom is 0.125 e. The molecule has 0 aliphatic rings. The first kappa shape index (κ1) is 14.1. The van der Waals surface area contributed by atoms with Gasteiger partial charge in [0.2, 0.25) is 0 Å². The Morgan fingerprint density at radius 1 is 1.32 bits per heavy atom. The number of nitrogen functional groups attached to an aromatic ring is 1. The van der Waals surface area contributed by atoms with Crippen molar-refractivity contribution in [2.45, 2.75) is 33.3 Å². The van der Waals surface area contributed by atoms with E-state index in [0.29, 0.717) is 17.7 Å². The van der Waals surface area contributed by atoms with Gasteiger partial charge in [-0.3, -0.25) is 0 Å².